The van der Waals surface area contributed by atoms with Crippen molar-refractivity contribution in [2.24, 2.45) is 0 Å². The Morgan fingerprint density at radius 2 is 2.07 bits per heavy atom. The fourth-order valence-electron chi connectivity index (χ4n) is 3.97. The van der Waals surface area contributed by atoms with E-state index in [2.05, 4.69) is 10.2 Å². The van der Waals surface area contributed by atoms with Gasteiger partial charge in [0.25, 0.3) is 5.56 Å². The van der Waals surface area contributed by atoms with Gasteiger partial charge in [-0.05, 0) is 72.2 Å². The van der Waals surface area contributed by atoms with Gasteiger partial charge in [0.2, 0.25) is 0 Å². The van der Waals surface area contributed by atoms with E-state index in [1.165, 1.54) is 4.40 Å². The molecule has 0 bridgehead atoms. The van der Waals surface area contributed by atoms with Gasteiger partial charge < -0.3 is 10.8 Å². The zero-order chi connectivity index (χ0) is 19.6. The largest absolute Gasteiger partial charge is 0.477 e. The number of nitrogens with one attached hydrogen (secondary N) is 1. The summed E-state index contributed by atoms with van der Waals surface area (Å²) < 4.78 is 1.47. The molecular formula is C21H18N4O3. The number of anilines is 1. The van der Waals surface area contributed by atoms with Crippen molar-refractivity contribution in [2.45, 2.75) is 25.7 Å². The summed E-state index contributed by atoms with van der Waals surface area (Å²) in [4.78, 5) is 24.2. The summed E-state index contributed by atoms with van der Waals surface area (Å²) in [6, 6.07) is 9.31. The Labute approximate surface area is 159 Å². The van der Waals surface area contributed by atoms with Crippen LogP contribution in [-0.4, -0.2) is 25.7 Å². The number of rotatable bonds is 3. The third kappa shape index (κ3) is 2.32. The molecule has 1 aliphatic carbocycles. The first-order chi connectivity index (χ1) is 13.5. The number of nitrogens with zero attached hydrogens (tertiary/aromatic N) is 2. The highest BCUT2D eigenvalue weighted by molar-refractivity contribution is 5.93. The number of hydrogen-bond acceptors (Lipinski definition) is 4. The number of aromatic amines is 1. The number of pyridine rings is 2. The molecule has 0 amide bonds. The average molecular weight is 374 g/mol. The molecule has 7 nitrogen and oxygen atoms in total. The predicted octanol–water partition coefficient (Wildman–Crippen LogP) is 3.31. The lowest BCUT2D eigenvalue weighted by atomic mass is 9.96. The summed E-state index contributed by atoms with van der Waals surface area (Å²) in [7, 11) is 0. The molecule has 1 aromatic carbocycles. The first kappa shape index (κ1) is 16.6. The summed E-state index contributed by atoms with van der Waals surface area (Å²) in [5.41, 5.74) is 10.7. The number of benzene rings is 1. The minimum atomic E-state index is -1.19. The maximum absolute atomic E-state index is 12.7. The lowest BCUT2D eigenvalue weighted by Crippen LogP contribution is -2.23. The summed E-state index contributed by atoms with van der Waals surface area (Å²) in [5, 5.41) is 17.2. The van der Waals surface area contributed by atoms with Crippen molar-refractivity contribution in [3.63, 3.8) is 0 Å². The van der Waals surface area contributed by atoms with Gasteiger partial charge in [-0.3, -0.25) is 14.3 Å². The SMILES string of the molecule is Cc1c(-c2ccc3[nH]nc(N)c3c2)ccn2c(=O)c(C(=O)O)cc(C3CC3)c12. The van der Waals surface area contributed by atoms with Crippen LogP contribution in [0.2, 0.25) is 0 Å². The molecule has 140 valence electrons. The van der Waals surface area contributed by atoms with Gasteiger partial charge >= 0.3 is 5.97 Å². The number of hydrogen-bond donors (Lipinski definition) is 3. The highest BCUT2D eigenvalue weighted by Crippen LogP contribution is 2.43. The molecule has 5 rings (SSSR count). The average Bonchev–Trinajstić information content (AvgIpc) is 3.46. The van der Waals surface area contributed by atoms with Crippen molar-refractivity contribution >= 4 is 28.2 Å². The minimum absolute atomic E-state index is 0.181. The van der Waals surface area contributed by atoms with Crippen molar-refractivity contribution in [1.82, 2.24) is 14.6 Å². The number of nitrogen functional groups attached to an aromatic ring is 1. The van der Waals surface area contributed by atoms with Crippen molar-refractivity contribution in [2.75, 3.05) is 5.73 Å². The molecular weight excluding hydrogens is 356 g/mol. The number of fused-ring (bicyclic) bond motifs is 2. The fraction of sp³-hybridized carbons (Fsp3) is 0.190. The third-order valence-corrected chi connectivity index (χ3v) is 5.56. The Morgan fingerprint density at radius 1 is 1.29 bits per heavy atom. The van der Waals surface area contributed by atoms with Crippen molar-refractivity contribution in [1.29, 1.82) is 0 Å². The van der Waals surface area contributed by atoms with Crippen LogP contribution in [0.5, 0.6) is 0 Å². The second-order valence-electron chi connectivity index (χ2n) is 7.34. The number of nitrogens with two attached hydrogens (primary N) is 1. The molecule has 4 N–H and O–H groups in total. The van der Waals surface area contributed by atoms with Gasteiger partial charge in [0, 0.05) is 11.6 Å². The summed E-state index contributed by atoms with van der Waals surface area (Å²) >= 11 is 0. The van der Waals surface area contributed by atoms with Crippen LogP contribution >= 0.6 is 0 Å². The van der Waals surface area contributed by atoms with Crippen LogP contribution in [0.15, 0.2) is 41.3 Å². The van der Waals surface area contributed by atoms with Crippen LogP contribution < -0.4 is 11.3 Å². The third-order valence-electron chi connectivity index (χ3n) is 5.56. The fourth-order valence-corrected chi connectivity index (χ4v) is 3.97. The van der Waals surface area contributed by atoms with Gasteiger partial charge in [0.05, 0.1) is 11.0 Å². The van der Waals surface area contributed by atoms with Crippen molar-refractivity contribution < 1.29 is 9.90 Å². The number of carboxylic acid groups (broad SMARTS) is 1. The topological polar surface area (TPSA) is 113 Å². The monoisotopic (exact) mass is 374 g/mol. The smallest absolute Gasteiger partial charge is 0.341 e. The standard InChI is InChI=1S/C21H18N4O3/c1-10-13(12-4-5-17-15(8-12)19(22)24-23-17)6-7-25-18(10)14(11-2-3-11)9-16(20(25)26)21(27)28/h4-9,11H,2-3H2,1H3,(H,27,28)(H3,22,23,24). The first-order valence-electron chi connectivity index (χ1n) is 9.12. The molecule has 28 heavy (non-hydrogen) atoms. The second kappa shape index (κ2) is 5.69. The van der Waals surface area contributed by atoms with Crippen molar-refractivity contribution in [3.8, 4) is 11.1 Å². The Bertz CT molecular complexity index is 1350. The Kier molecular flexibility index (Phi) is 3.37. The van der Waals surface area contributed by atoms with E-state index in [1.807, 2.05) is 31.2 Å². The molecule has 1 fully saturated rings. The highest BCUT2D eigenvalue weighted by Gasteiger charge is 2.29. The first-order valence-corrected chi connectivity index (χ1v) is 9.12. The predicted molar refractivity (Wildman–Crippen MR) is 107 cm³/mol. The van der Waals surface area contributed by atoms with Crippen LogP contribution in [0.4, 0.5) is 5.82 Å². The van der Waals surface area contributed by atoms with Gasteiger partial charge in [0.15, 0.2) is 5.82 Å². The minimum Gasteiger partial charge on any atom is -0.477 e. The van der Waals surface area contributed by atoms with Gasteiger partial charge in [0.1, 0.15) is 5.56 Å². The number of aromatic nitrogens is 3. The van der Waals surface area contributed by atoms with Gasteiger partial charge in [-0.2, -0.15) is 5.10 Å². The summed E-state index contributed by atoms with van der Waals surface area (Å²) in [6.07, 6.45) is 3.68. The molecule has 0 radical (unpaired) electrons. The maximum Gasteiger partial charge on any atom is 0.341 e. The Balaban J connectivity index is 1.82. The lowest BCUT2D eigenvalue weighted by molar-refractivity contribution is 0.0694. The van der Waals surface area contributed by atoms with E-state index in [0.29, 0.717) is 11.7 Å². The van der Waals surface area contributed by atoms with E-state index in [-0.39, 0.29) is 5.56 Å². The molecule has 4 aromatic rings. The van der Waals surface area contributed by atoms with Gasteiger partial charge in [-0.1, -0.05) is 6.07 Å². The zero-order valence-corrected chi connectivity index (χ0v) is 15.2. The van der Waals surface area contributed by atoms with Crippen LogP contribution in [0, 0.1) is 6.92 Å². The van der Waals surface area contributed by atoms with E-state index in [1.54, 1.807) is 12.3 Å². The molecule has 0 spiro atoms. The molecule has 3 heterocycles. The van der Waals surface area contributed by atoms with Crippen LogP contribution in [-0.2, 0) is 0 Å². The van der Waals surface area contributed by atoms with Crippen LogP contribution in [0.25, 0.3) is 27.5 Å². The zero-order valence-electron chi connectivity index (χ0n) is 15.2. The molecule has 3 aromatic heterocycles. The molecule has 0 aliphatic heterocycles. The van der Waals surface area contributed by atoms with Crippen LogP contribution in [0.3, 0.4) is 0 Å². The summed E-state index contributed by atoms with van der Waals surface area (Å²) in [5.74, 6) is -0.449. The highest BCUT2D eigenvalue weighted by atomic mass is 16.4. The Hall–Kier alpha value is -3.61. The molecule has 0 unspecified atom stereocenters. The molecule has 1 saturated carbocycles. The van der Waals surface area contributed by atoms with E-state index >= 15 is 0 Å². The van der Waals surface area contributed by atoms with E-state index in [4.69, 9.17) is 5.73 Å². The molecule has 7 heteroatoms. The number of aromatic carboxylic acids is 1. The van der Waals surface area contributed by atoms with E-state index < -0.39 is 11.5 Å². The van der Waals surface area contributed by atoms with E-state index in [0.717, 1.165) is 51.5 Å². The maximum atomic E-state index is 12.7. The molecule has 1 aliphatic rings. The second-order valence-corrected chi connectivity index (χ2v) is 7.34. The Morgan fingerprint density at radius 3 is 2.79 bits per heavy atom. The number of aryl methyl sites for hydroxylation is 1. The number of carboxylic acids is 1. The molecule has 0 saturated heterocycles. The van der Waals surface area contributed by atoms with Crippen molar-refractivity contribution in [3.05, 3.63) is 63.6 Å². The van der Waals surface area contributed by atoms with Gasteiger partial charge in [-0.15, -0.1) is 0 Å². The summed E-state index contributed by atoms with van der Waals surface area (Å²) in [6.45, 7) is 1.97. The molecule has 0 atom stereocenters. The lowest BCUT2D eigenvalue weighted by Gasteiger charge is -2.15. The normalized spacial score (nSPS) is 14.0. The van der Waals surface area contributed by atoms with E-state index in [9.17, 15) is 14.7 Å². The number of carbonyl (C=O) groups is 1. The van der Waals surface area contributed by atoms with Gasteiger partial charge in [-0.25, -0.2) is 4.79 Å². The van der Waals surface area contributed by atoms with Crippen LogP contribution in [0.1, 0.15) is 40.2 Å². The number of H-pyrrole nitrogens is 1. The quantitative estimate of drug-likeness (QED) is 0.509.